The van der Waals surface area contributed by atoms with Gasteiger partial charge in [0.25, 0.3) is 0 Å². The van der Waals surface area contributed by atoms with Crippen molar-refractivity contribution in [3.8, 4) is 22.3 Å². The third-order valence-electron chi connectivity index (χ3n) is 9.03. The number of benzene rings is 8. The van der Waals surface area contributed by atoms with Crippen LogP contribution in [0.1, 0.15) is 0 Å². The Kier molecular flexibility index (Phi) is 4.57. The molecule has 0 spiro atoms. The van der Waals surface area contributed by atoms with Gasteiger partial charge in [0.2, 0.25) is 0 Å². The molecule has 2 heteroatoms. The molecule has 42 heavy (non-hydrogen) atoms. The molecule has 0 radical (unpaired) electrons. The maximum Gasteiger partial charge on any atom is 0.0434 e. The summed E-state index contributed by atoms with van der Waals surface area (Å²) in [5.41, 5.74) is 5.27. The summed E-state index contributed by atoms with van der Waals surface area (Å²) in [6.45, 7) is 0. The molecular weight excluding hydrogens is 545 g/mol. The Bertz CT molecular complexity index is 2680. The van der Waals surface area contributed by atoms with Gasteiger partial charge in [0.05, 0.1) is 0 Å². The fourth-order valence-corrected chi connectivity index (χ4v) is 9.66. The van der Waals surface area contributed by atoms with Crippen LogP contribution >= 0.6 is 22.7 Å². The Morgan fingerprint density at radius 1 is 0.310 bits per heavy atom. The molecule has 0 aliphatic heterocycles. The summed E-state index contributed by atoms with van der Waals surface area (Å²) in [5, 5.41) is 13.4. The number of hydrogen-bond donors (Lipinski definition) is 0. The van der Waals surface area contributed by atoms with Gasteiger partial charge >= 0.3 is 0 Å². The summed E-state index contributed by atoms with van der Waals surface area (Å²) in [4.78, 5) is 0. The van der Waals surface area contributed by atoms with Gasteiger partial charge in [-0.1, -0.05) is 115 Å². The van der Waals surface area contributed by atoms with Gasteiger partial charge in [-0.05, 0) is 61.6 Å². The van der Waals surface area contributed by atoms with Gasteiger partial charge in [-0.25, -0.2) is 0 Å². The van der Waals surface area contributed by atoms with Gasteiger partial charge in [-0.3, -0.25) is 0 Å². The van der Waals surface area contributed by atoms with Crippen LogP contribution in [-0.4, -0.2) is 0 Å². The highest BCUT2D eigenvalue weighted by atomic mass is 32.1. The van der Waals surface area contributed by atoms with Crippen LogP contribution in [0.25, 0.3) is 94.9 Å². The van der Waals surface area contributed by atoms with Crippen molar-refractivity contribution in [2.45, 2.75) is 0 Å². The van der Waals surface area contributed by atoms with E-state index in [1.54, 1.807) is 0 Å². The van der Waals surface area contributed by atoms with Gasteiger partial charge in [0.15, 0.2) is 0 Å². The summed E-state index contributed by atoms with van der Waals surface area (Å²) in [7, 11) is 0. The fourth-order valence-electron chi connectivity index (χ4n) is 7.20. The predicted molar refractivity (Wildman–Crippen MR) is 187 cm³/mol. The van der Waals surface area contributed by atoms with Crippen molar-refractivity contribution < 1.29 is 0 Å². The smallest absolute Gasteiger partial charge is 0.0434 e. The maximum atomic E-state index is 2.44. The molecule has 0 atom stereocenters. The van der Waals surface area contributed by atoms with Crippen molar-refractivity contribution in [3.63, 3.8) is 0 Å². The summed E-state index contributed by atoms with van der Waals surface area (Å²) in [6, 6.07) is 49.8. The number of fused-ring (bicyclic) bond motifs is 6. The highest BCUT2D eigenvalue weighted by Crippen LogP contribution is 2.48. The normalized spacial score (nSPS) is 12.3. The largest absolute Gasteiger partial charge is 0.135 e. The molecule has 0 amide bonds. The molecule has 10 aromatic rings. The zero-order chi connectivity index (χ0) is 27.4. The Balaban J connectivity index is 1.30. The Morgan fingerprint density at radius 3 is 1.55 bits per heavy atom. The second-order valence-corrected chi connectivity index (χ2v) is 13.3. The zero-order valence-electron chi connectivity index (χ0n) is 22.5. The van der Waals surface area contributed by atoms with Gasteiger partial charge in [0.1, 0.15) is 0 Å². The minimum atomic E-state index is 1.30. The molecule has 2 aromatic heterocycles. The molecule has 0 saturated carbocycles. The third-order valence-corrected chi connectivity index (χ3v) is 11.5. The van der Waals surface area contributed by atoms with E-state index in [1.807, 2.05) is 22.7 Å². The van der Waals surface area contributed by atoms with E-state index in [0.29, 0.717) is 0 Å². The van der Waals surface area contributed by atoms with Gasteiger partial charge in [0, 0.05) is 51.5 Å². The van der Waals surface area contributed by atoms with Crippen LogP contribution in [0.3, 0.4) is 0 Å². The molecule has 0 aliphatic carbocycles. The lowest BCUT2D eigenvalue weighted by atomic mass is 9.86. The van der Waals surface area contributed by atoms with Crippen molar-refractivity contribution in [1.82, 2.24) is 0 Å². The van der Waals surface area contributed by atoms with E-state index in [4.69, 9.17) is 0 Å². The highest BCUT2D eigenvalue weighted by Gasteiger charge is 2.19. The summed E-state index contributed by atoms with van der Waals surface area (Å²) in [6.07, 6.45) is 0. The van der Waals surface area contributed by atoms with E-state index in [9.17, 15) is 0 Å². The fraction of sp³-hybridized carbons (Fsp3) is 0. The SMILES string of the molecule is c1ccc2c(c1)sc1c(-c3cc4ccc(-c5cccc6c5sc5ccccc56)c5ccc6cccc3c6c45)cccc12. The lowest BCUT2D eigenvalue weighted by molar-refractivity contribution is 1.72. The minimum absolute atomic E-state index is 1.30. The predicted octanol–water partition coefficient (Wildman–Crippen LogP) is 12.7. The number of thiophene rings is 2. The average Bonchev–Trinajstić information content (AvgIpc) is 3.62. The molecule has 0 fully saturated rings. The van der Waals surface area contributed by atoms with Crippen LogP contribution in [0.4, 0.5) is 0 Å². The van der Waals surface area contributed by atoms with Crippen LogP contribution in [0, 0.1) is 0 Å². The van der Waals surface area contributed by atoms with Crippen molar-refractivity contribution >= 4 is 95.3 Å². The van der Waals surface area contributed by atoms with Crippen molar-refractivity contribution in [3.05, 3.63) is 133 Å². The molecule has 0 N–H and O–H groups in total. The molecule has 2 heterocycles. The average molecular weight is 567 g/mol. The van der Waals surface area contributed by atoms with Gasteiger partial charge in [-0.15, -0.1) is 22.7 Å². The molecule has 0 aliphatic rings. The second kappa shape index (κ2) is 8.39. The second-order valence-electron chi connectivity index (χ2n) is 11.2. The van der Waals surface area contributed by atoms with E-state index < -0.39 is 0 Å². The quantitative estimate of drug-likeness (QED) is 0.183. The number of rotatable bonds is 2. The van der Waals surface area contributed by atoms with Crippen LogP contribution < -0.4 is 0 Å². The van der Waals surface area contributed by atoms with E-state index in [-0.39, 0.29) is 0 Å². The summed E-state index contributed by atoms with van der Waals surface area (Å²) >= 11 is 3.81. The zero-order valence-corrected chi connectivity index (χ0v) is 24.2. The third kappa shape index (κ3) is 3.01. The molecule has 10 rings (SSSR count). The van der Waals surface area contributed by atoms with E-state index >= 15 is 0 Å². The number of hydrogen-bond acceptors (Lipinski definition) is 2. The highest BCUT2D eigenvalue weighted by molar-refractivity contribution is 7.26. The minimum Gasteiger partial charge on any atom is -0.135 e. The summed E-state index contributed by atoms with van der Waals surface area (Å²) in [5.74, 6) is 0. The maximum absolute atomic E-state index is 2.44. The topological polar surface area (TPSA) is 0 Å². The van der Waals surface area contributed by atoms with E-state index in [0.717, 1.165) is 0 Å². The van der Waals surface area contributed by atoms with Crippen LogP contribution in [0.2, 0.25) is 0 Å². The lowest BCUT2D eigenvalue weighted by Gasteiger charge is -2.18. The first-order valence-corrected chi connectivity index (χ1v) is 16.0. The standard InChI is InChI=1S/C40H22S2/c1-3-16-35-26(9-1)31-13-6-12-30(39(31)41-35)25-20-19-24-22-34(28-11-5-8-23-18-21-29(25)38(24)37(23)28)33-15-7-14-32-27-10-2-4-17-36(27)42-40(32)33/h1-22H. The molecule has 8 aromatic carbocycles. The van der Waals surface area contributed by atoms with Crippen LogP contribution in [-0.2, 0) is 0 Å². The van der Waals surface area contributed by atoms with Crippen LogP contribution in [0.5, 0.6) is 0 Å². The van der Waals surface area contributed by atoms with E-state index in [1.165, 1.54) is 94.9 Å². The molecular formula is C40H22S2. The lowest BCUT2D eigenvalue weighted by Crippen LogP contribution is -1.90. The monoisotopic (exact) mass is 566 g/mol. The van der Waals surface area contributed by atoms with Crippen LogP contribution in [0.15, 0.2) is 133 Å². The first-order valence-electron chi connectivity index (χ1n) is 14.4. The molecule has 0 saturated heterocycles. The Labute approximate surface area is 250 Å². The van der Waals surface area contributed by atoms with Gasteiger partial charge < -0.3 is 0 Å². The first kappa shape index (κ1) is 22.9. The Hall–Kier alpha value is -4.76. The van der Waals surface area contributed by atoms with Crippen molar-refractivity contribution in [2.75, 3.05) is 0 Å². The van der Waals surface area contributed by atoms with Crippen molar-refractivity contribution in [1.29, 1.82) is 0 Å². The van der Waals surface area contributed by atoms with Gasteiger partial charge in [-0.2, -0.15) is 0 Å². The molecule has 0 bridgehead atoms. The molecule has 194 valence electrons. The summed E-state index contributed by atoms with van der Waals surface area (Å²) < 4.78 is 5.42. The first-order chi connectivity index (χ1) is 20.8. The van der Waals surface area contributed by atoms with E-state index in [2.05, 4.69) is 133 Å². The Morgan fingerprint density at radius 2 is 0.833 bits per heavy atom. The molecule has 0 unspecified atom stereocenters. The van der Waals surface area contributed by atoms with Crippen molar-refractivity contribution in [2.24, 2.45) is 0 Å². The molecule has 0 nitrogen and oxygen atoms in total.